The first-order valence-corrected chi connectivity index (χ1v) is 17.1. The lowest BCUT2D eigenvalue weighted by atomic mass is 9.89. The number of primary amides is 1. The molecular weight excluding hydrogens is 532 g/mol. The Bertz CT molecular complexity index is 1180. The summed E-state index contributed by atoms with van der Waals surface area (Å²) in [7, 11) is 1.34. The van der Waals surface area contributed by atoms with Crippen LogP contribution in [0.5, 0.6) is 5.75 Å². The van der Waals surface area contributed by atoms with Crippen LogP contribution in [0.2, 0.25) is 19.6 Å². The van der Waals surface area contributed by atoms with Crippen LogP contribution in [0, 0.1) is 6.92 Å². The predicted octanol–water partition coefficient (Wildman–Crippen LogP) is 1.20. The third-order valence-electron chi connectivity index (χ3n) is 7.14. The molecule has 220 valence electrons. The fraction of sp³-hybridized carbons (Fsp3) is 0.593. The molecule has 12 nitrogen and oxygen atoms in total. The number of ether oxygens (including phenoxy) is 5. The number of morpholine rings is 1. The van der Waals surface area contributed by atoms with E-state index in [0.717, 1.165) is 50.1 Å². The number of carbonyl (C=O) groups is 1. The monoisotopic (exact) mass is 574 g/mol. The van der Waals surface area contributed by atoms with Crippen LogP contribution in [0.1, 0.15) is 18.4 Å². The summed E-state index contributed by atoms with van der Waals surface area (Å²) in [5, 5.41) is 2.76. The van der Waals surface area contributed by atoms with Crippen molar-refractivity contribution in [3.63, 3.8) is 0 Å². The Hall–Kier alpha value is -3.13. The van der Waals surface area contributed by atoms with Gasteiger partial charge in [0, 0.05) is 49.2 Å². The van der Waals surface area contributed by atoms with E-state index in [4.69, 9.17) is 29.4 Å². The molecule has 0 saturated carbocycles. The number of hydrazine groups is 1. The summed E-state index contributed by atoms with van der Waals surface area (Å²) in [5.41, 5.74) is 8.89. The van der Waals surface area contributed by atoms with Gasteiger partial charge in [0.25, 0.3) is 11.9 Å². The second-order valence-electron chi connectivity index (χ2n) is 11.0. The third kappa shape index (κ3) is 6.43. The molecule has 1 saturated heterocycles. The standard InChI is InChI=1S/C27H42N6O6Si/c1-19-17-29-21(40(4,5)6)16-20(19)38-22-8-9-27(39-22,26(28)34)23-24(35-2)30-18-33(25(23)36-3)31-10-7-11-32-12-14-37-15-13-32/h8,16-17,31H,7,9-15,18H2,1-6H3,(H2,28,34). The highest BCUT2D eigenvalue weighted by molar-refractivity contribution is 6.88. The van der Waals surface area contributed by atoms with Gasteiger partial charge < -0.3 is 29.4 Å². The van der Waals surface area contributed by atoms with E-state index in [-0.39, 0.29) is 24.9 Å². The zero-order valence-electron chi connectivity index (χ0n) is 24.4. The molecule has 3 N–H and O–H groups in total. The lowest BCUT2D eigenvalue weighted by Crippen LogP contribution is -2.53. The van der Waals surface area contributed by atoms with Crippen LogP contribution in [0.4, 0.5) is 0 Å². The highest BCUT2D eigenvalue weighted by Crippen LogP contribution is 2.40. The minimum Gasteiger partial charge on any atom is -0.481 e. The lowest BCUT2D eigenvalue weighted by Gasteiger charge is -2.36. The number of hydrogen-bond acceptors (Lipinski definition) is 11. The van der Waals surface area contributed by atoms with Crippen molar-refractivity contribution < 1.29 is 28.5 Å². The molecule has 0 radical (unpaired) electrons. The smallest absolute Gasteiger partial charge is 0.282 e. The van der Waals surface area contributed by atoms with Gasteiger partial charge in [-0.3, -0.25) is 19.7 Å². The van der Waals surface area contributed by atoms with E-state index in [0.29, 0.717) is 23.8 Å². The molecule has 0 spiro atoms. The maximum absolute atomic E-state index is 13.1. The Labute approximate surface area is 237 Å². The van der Waals surface area contributed by atoms with Gasteiger partial charge in [-0.05, 0) is 26.0 Å². The first-order valence-electron chi connectivity index (χ1n) is 13.6. The number of nitrogens with one attached hydrogen (secondary N) is 1. The van der Waals surface area contributed by atoms with E-state index >= 15 is 0 Å². The average molecular weight is 575 g/mol. The second kappa shape index (κ2) is 12.6. The molecule has 0 aliphatic carbocycles. The van der Waals surface area contributed by atoms with Crippen LogP contribution < -0.4 is 21.2 Å². The van der Waals surface area contributed by atoms with E-state index in [9.17, 15) is 4.79 Å². The van der Waals surface area contributed by atoms with Gasteiger partial charge in [-0.15, -0.1) is 0 Å². The molecule has 3 aliphatic heterocycles. The van der Waals surface area contributed by atoms with Crippen molar-refractivity contribution in [2.24, 2.45) is 10.7 Å². The zero-order chi connectivity index (χ0) is 28.9. The molecule has 1 atom stereocenters. The second-order valence-corrected chi connectivity index (χ2v) is 16.1. The van der Waals surface area contributed by atoms with Crippen LogP contribution >= 0.6 is 0 Å². The number of nitrogens with two attached hydrogens (primary N) is 1. The van der Waals surface area contributed by atoms with Crippen molar-refractivity contribution in [1.82, 2.24) is 20.3 Å². The molecule has 3 aliphatic rings. The Morgan fingerprint density at radius 2 is 1.98 bits per heavy atom. The van der Waals surface area contributed by atoms with Crippen molar-refractivity contribution in [2.75, 3.05) is 60.3 Å². The van der Waals surface area contributed by atoms with Crippen molar-refractivity contribution in [3.8, 4) is 5.75 Å². The van der Waals surface area contributed by atoms with Gasteiger partial charge in [0.1, 0.15) is 26.1 Å². The average Bonchev–Trinajstić information content (AvgIpc) is 3.36. The zero-order valence-corrected chi connectivity index (χ0v) is 25.4. The number of aromatic nitrogens is 1. The molecule has 1 aromatic rings. The summed E-state index contributed by atoms with van der Waals surface area (Å²) >= 11 is 0. The van der Waals surface area contributed by atoms with Crippen molar-refractivity contribution in [2.45, 2.75) is 45.0 Å². The van der Waals surface area contributed by atoms with Gasteiger partial charge in [0.2, 0.25) is 17.4 Å². The van der Waals surface area contributed by atoms with E-state index in [1.807, 2.05) is 13.0 Å². The summed E-state index contributed by atoms with van der Waals surface area (Å²) in [6.45, 7) is 13.8. The molecule has 40 heavy (non-hydrogen) atoms. The molecule has 13 heteroatoms. The van der Waals surface area contributed by atoms with Crippen LogP contribution in [-0.4, -0.2) is 101 Å². The number of amides is 1. The van der Waals surface area contributed by atoms with Crippen LogP contribution in [0.15, 0.2) is 40.7 Å². The number of carbonyl (C=O) groups excluding carboxylic acids is 1. The summed E-state index contributed by atoms with van der Waals surface area (Å²) < 4.78 is 29.2. The van der Waals surface area contributed by atoms with Crippen LogP contribution in [0.3, 0.4) is 0 Å². The van der Waals surface area contributed by atoms with Crippen molar-refractivity contribution in [1.29, 1.82) is 0 Å². The van der Waals surface area contributed by atoms with E-state index in [2.05, 4.69) is 39.9 Å². The Kier molecular flexibility index (Phi) is 9.39. The van der Waals surface area contributed by atoms with E-state index in [1.54, 1.807) is 17.3 Å². The highest BCUT2D eigenvalue weighted by Gasteiger charge is 2.53. The number of methoxy groups -OCH3 is 2. The third-order valence-corrected chi connectivity index (χ3v) is 8.95. The summed E-state index contributed by atoms with van der Waals surface area (Å²) in [4.78, 5) is 24.6. The Balaban J connectivity index is 1.54. The number of rotatable bonds is 11. The topological polar surface area (TPSA) is 133 Å². The van der Waals surface area contributed by atoms with Gasteiger partial charge in [0.15, 0.2) is 0 Å². The SMILES string of the molecule is COC1=NCN(NCCCN2CCOCC2)C(OC)=C1C1(C(N)=O)CC=C(Oc2cc([Si](C)(C)C)ncc2C)O1. The van der Waals surface area contributed by atoms with Crippen LogP contribution in [-0.2, 0) is 23.7 Å². The van der Waals surface area contributed by atoms with Gasteiger partial charge in [0.05, 0.1) is 27.4 Å². The summed E-state index contributed by atoms with van der Waals surface area (Å²) in [6, 6.07) is 1.95. The molecule has 4 heterocycles. The Morgan fingerprint density at radius 1 is 1.23 bits per heavy atom. The maximum atomic E-state index is 13.1. The first kappa shape index (κ1) is 29.8. The molecule has 1 fully saturated rings. The number of nitrogens with zero attached hydrogens (tertiary/aromatic N) is 4. The summed E-state index contributed by atoms with van der Waals surface area (Å²) in [6.07, 6.45) is 4.54. The molecule has 1 aromatic heterocycles. The number of aryl methyl sites for hydroxylation is 1. The van der Waals surface area contributed by atoms with Crippen LogP contribution in [0.25, 0.3) is 0 Å². The van der Waals surface area contributed by atoms with Gasteiger partial charge in [-0.25, -0.2) is 10.4 Å². The van der Waals surface area contributed by atoms with E-state index < -0.39 is 19.6 Å². The molecular formula is C27H42N6O6Si. The number of aliphatic imine (C=N–C) groups is 1. The molecule has 0 aromatic carbocycles. The fourth-order valence-corrected chi connectivity index (χ4v) is 5.81. The minimum absolute atomic E-state index is 0.123. The highest BCUT2D eigenvalue weighted by atomic mass is 28.3. The minimum atomic E-state index is -1.68. The van der Waals surface area contributed by atoms with Gasteiger partial charge in [-0.2, -0.15) is 0 Å². The fourth-order valence-electron chi connectivity index (χ4n) is 4.80. The molecule has 1 unspecified atom stereocenters. The van der Waals surface area contributed by atoms with Crippen molar-refractivity contribution >= 4 is 25.2 Å². The Morgan fingerprint density at radius 3 is 2.62 bits per heavy atom. The van der Waals surface area contributed by atoms with Gasteiger partial charge >= 0.3 is 0 Å². The van der Waals surface area contributed by atoms with E-state index in [1.165, 1.54) is 14.2 Å². The van der Waals surface area contributed by atoms with Crippen molar-refractivity contribution in [3.05, 3.63) is 41.3 Å². The largest absolute Gasteiger partial charge is 0.481 e. The number of hydrogen-bond donors (Lipinski definition) is 2. The number of pyridine rings is 1. The lowest BCUT2D eigenvalue weighted by molar-refractivity contribution is -0.135. The van der Waals surface area contributed by atoms with Gasteiger partial charge in [-0.1, -0.05) is 19.6 Å². The quantitative estimate of drug-likeness (QED) is 0.293. The normalized spacial score (nSPS) is 22.0. The summed E-state index contributed by atoms with van der Waals surface area (Å²) in [5.74, 6) is 0.655. The molecule has 0 bridgehead atoms. The first-order chi connectivity index (χ1) is 19.1. The molecule has 1 amide bonds. The molecule has 4 rings (SSSR count). The maximum Gasteiger partial charge on any atom is 0.282 e. The predicted molar refractivity (Wildman–Crippen MR) is 153 cm³/mol.